The van der Waals surface area contributed by atoms with Crippen LogP contribution in [0.5, 0.6) is 5.75 Å². The number of ether oxygens (including phenoxy) is 2. The Kier molecular flexibility index (Phi) is 7.85. The molecular formula is C25H30N6O3. The second-order valence-electron chi connectivity index (χ2n) is 8.69. The third-order valence-electron chi connectivity index (χ3n) is 5.69. The first kappa shape index (κ1) is 23.8. The van der Waals surface area contributed by atoms with Crippen molar-refractivity contribution in [2.24, 2.45) is 5.92 Å². The molecule has 2 unspecified atom stereocenters. The van der Waals surface area contributed by atoms with E-state index >= 15 is 0 Å². The zero-order valence-corrected chi connectivity index (χ0v) is 19.4. The molecule has 1 saturated heterocycles. The van der Waals surface area contributed by atoms with Gasteiger partial charge in [-0.15, -0.1) is 0 Å². The van der Waals surface area contributed by atoms with Crippen LogP contribution in [0.3, 0.4) is 0 Å². The Labute approximate surface area is 199 Å². The van der Waals surface area contributed by atoms with Crippen molar-refractivity contribution in [1.29, 1.82) is 5.26 Å². The maximum atomic E-state index is 10.3. The first-order valence-electron chi connectivity index (χ1n) is 11.6. The minimum Gasteiger partial charge on any atom is -0.489 e. The van der Waals surface area contributed by atoms with E-state index in [1.165, 1.54) is 6.33 Å². The van der Waals surface area contributed by atoms with E-state index in [9.17, 15) is 10.4 Å². The van der Waals surface area contributed by atoms with Crippen LogP contribution in [0.25, 0.3) is 11.4 Å². The molecule has 0 saturated carbocycles. The van der Waals surface area contributed by atoms with Crippen LogP contribution in [0.2, 0.25) is 0 Å². The van der Waals surface area contributed by atoms with Crippen molar-refractivity contribution in [3.63, 3.8) is 0 Å². The lowest BCUT2D eigenvalue weighted by atomic mass is 9.97. The Morgan fingerprint density at radius 3 is 2.76 bits per heavy atom. The number of nitrogens with zero attached hydrogens (tertiary/aromatic N) is 4. The summed E-state index contributed by atoms with van der Waals surface area (Å²) in [5, 5.41) is 26.2. The predicted molar refractivity (Wildman–Crippen MR) is 128 cm³/mol. The van der Waals surface area contributed by atoms with Gasteiger partial charge in [-0.3, -0.25) is 5.32 Å². The monoisotopic (exact) mass is 462 g/mol. The molecule has 3 N–H and O–H groups in total. The van der Waals surface area contributed by atoms with Gasteiger partial charge >= 0.3 is 0 Å². The summed E-state index contributed by atoms with van der Waals surface area (Å²) in [7, 11) is 0. The van der Waals surface area contributed by atoms with Gasteiger partial charge in [0.05, 0.1) is 18.8 Å². The maximum absolute atomic E-state index is 10.3. The molecule has 34 heavy (non-hydrogen) atoms. The van der Waals surface area contributed by atoms with Crippen LogP contribution in [0.4, 0.5) is 5.95 Å². The van der Waals surface area contributed by atoms with Gasteiger partial charge in [0.25, 0.3) is 0 Å². The fraction of sp³-hybridized carbons (Fsp3) is 0.440. The summed E-state index contributed by atoms with van der Waals surface area (Å²) in [6.45, 7) is 5.35. The van der Waals surface area contributed by atoms with Gasteiger partial charge in [-0.2, -0.15) is 10.2 Å². The highest BCUT2D eigenvalue weighted by molar-refractivity contribution is 5.62. The van der Waals surface area contributed by atoms with E-state index in [1.54, 1.807) is 12.1 Å². The number of allylic oxidation sites excluding steroid dienone is 2. The quantitative estimate of drug-likeness (QED) is 0.507. The number of hydrogen-bond acceptors (Lipinski definition) is 9. The summed E-state index contributed by atoms with van der Waals surface area (Å²) >= 11 is 0. The molecule has 2 aliphatic rings. The van der Waals surface area contributed by atoms with E-state index in [-0.39, 0.29) is 18.1 Å². The molecule has 0 bridgehead atoms. The molecule has 0 amide bonds. The van der Waals surface area contributed by atoms with Crippen molar-refractivity contribution >= 4 is 5.95 Å². The molecule has 1 aromatic carbocycles. The summed E-state index contributed by atoms with van der Waals surface area (Å²) in [6.07, 6.45) is 9.12. The fourth-order valence-electron chi connectivity index (χ4n) is 3.89. The Balaban J connectivity index is 1.43. The molecule has 2 aromatic rings. The number of hydrogen-bond donors (Lipinski definition) is 3. The number of aliphatic hydroxyl groups excluding tert-OH is 1. The number of nitrogens with one attached hydrogen (secondary N) is 2. The molecule has 0 spiro atoms. The molecule has 2 heterocycles. The second kappa shape index (κ2) is 11.2. The highest BCUT2D eigenvalue weighted by Gasteiger charge is 2.20. The molecule has 1 aliphatic heterocycles. The largest absolute Gasteiger partial charge is 0.489 e. The van der Waals surface area contributed by atoms with Crippen LogP contribution in [-0.4, -0.2) is 51.6 Å². The Bertz CT molecular complexity index is 1090. The zero-order valence-electron chi connectivity index (χ0n) is 19.4. The lowest BCUT2D eigenvalue weighted by molar-refractivity contribution is 0.0254. The average molecular weight is 463 g/mol. The number of aromatic nitrogens is 3. The summed E-state index contributed by atoms with van der Waals surface area (Å²) in [4.78, 5) is 13.0. The van der Waals surface area contributed by atoms with Crippen LogP contribution in [0.15, 0.2) is 48.5 Å². The molecule has 1 fully saturated rings. The number of nitriles is 1. The van der Waals surface area contributed by atoms with E-state index in [1.807, 2.05) is 38.1 Å². The third kappa shape index (κ3) is 6.17. The fourth-order valence-corrected chi connectivity index (χ4v) is 3.89. The molecule has 9 nitrogen and oxygen atoms in total. The Morgan fingerprint density at radius 2 is 2.06 bits per heavy atom. The Hall–Kier alpha value is -3.32. The standard InChI is InChI=1S/C25H30N6O3/c1-16(2)29-24(32)17-3-6-20(7-4-17)30-25-28-15-27-23(31-25)18-5-8-22(19(13-18)14-26)34-21-9-11-33-12-10-21/h3,5-8,13,15-17,21,24,29,32H,4,9-12H2,1-2H3,(H,27,28,30,31). The lowest BCUT2D eigenvalue weighted by Crippen LogP contribution is -2.39. The number of aliphatic hydroxyl groups is 1. The van der Waals surface area contributed by atoms with Gasteiger partial charge in [0.1, 0.15) is 30.5 Å². The molecule has 4 rings (SSSR count). The van der Waals surface area contributed by atoms with Crippen molar-refractivity contribution < 1.29 is 14.6 Å². The lowest BCUT2D eigenvalue weighted by Gasteiger charge is -2.24. The van der Waals surface area contributed by atoms with Gasteiger partial charge in [-0.1, -0.05) is 12.2 Å². The van der Waals surface area contributed by atoms with Crippen molar-refractivity contribution in [3.8, 4) is 23.2 Å². The number of benzene rings is 1. The molecule has 0 radical (unpaired) electrons. The van der Waals surface area contributed by atoms with Gasteiger partial charge in [0.2, 0.25) is 5.95 Å². The van der Waals surface area contributed by atoms with Crippen molar-refractivity contribution in [1.82, 2.24) is 20.3 Å². The van der Waals surface area contributed by atoms with Gasteiger partial charge in [-0.05, 0) is 44.5 Å². The van der Waals surface area contributed by atoms with E-state index < -0.39 is 6.23 Å². The first-order chi connectivity index (χ1) is 16.5. The van der Waals surface area contributed by atoms with Crippen LogP contribution in [0, 0.1) is 17.2 Å². The number of rotatable bonds is 8. The minimum absolute atomic E-state index is 0.00754. The number of anilines is 1. The predicted octanol–water partition coefficient (Wildman–Crippen LogP) is 3.16. The highest BCUT2D eigenvalue weighted by atomic mass is 16.5. The van der Waals surface area contributed by atoms with Crippen LogP contribution in [-0.2, 0) is 4.74 Å². The van der Waals surface area contributed by atoms with Crippen molar-refractivity contribution in [2.45, 2.75) is 51.5 Å². The van der Waals surface area contributed by atoms with E-state index in [2.05, 4.69) is 31.7 Å². The molecule has 178 valence electrons. The minimum atomic E-state index is -0.592. The second-order valence-corrected chi connectivity index (χ2v) is 8.69. The third-order valence-corrected chi connectivity index (χ3v) is 5.69. The summed E-state index contributed by atoms with van der Waals surface area (Å²) in [6, 6.07) is 7.80. The highest BCUT2D eigenvalue weighted by Crippen LogP contribution is 2.27. The van der Waals surface area contributed by atoms with Crippen molar-refractivity contribution in [2.75, 3.05) is 18.5 Å². The molecule has 9 heteroatoms. The van der Waals surface area contributed by atoms with E-state index in [4.69, 9.17) is 9.47 Å². The smallest absolute Gasteiger partial charge is 0.230 e. The summed E-state index contributed by atoms with van der Waals surface area (Å²) in [5.41, 5.74) is 2.00. The Morgan fingerprint density at radius 1 is 1.24 bits per heavy atom. The van der Waals surface area contributed by atoms with E-state index in [0.29, 0.717) is 48.3 Å². The summed E-state index contributed by atoms with van der Waals surface area (Å²) < 4.78 is 11.4. The van der Waals surface area contributed by atoms with Crippen LogP contribution in [0.1, 0.15) is 38.7 Å². The van der Waals surface area contributed by atoms with Crippen LogP contribution >= 0.6 is 0 Å². The van der Waals surface area contributed by atoms with Gasteiger partial charge in [0, 0.05) is 36.1 Å². The molecular weight excluding hydrogens is 432 g/mol. The van der Waals surface area contributed by atoms with Crippen molar-refractivity contribution in [3.05, 3.63) is 54.0 Å². The SMILES string of the molecule is CC(C)NC(O)C1C=CC(Nc2ncnc(-c3ccc(OC4CCOCC4)c(C#N)c3)n2)=CC1. The molecule has 1 aromatic heterocycles. The topological polar surface area (TPSA) is 125 Å². The van der Waals surface area contributed by atoms with Gasteiger partial charge in [-0.25, -0.2) is 9.97 Å². The summed E-state index contributed by atoms with van der Waals surface area (Å²) in [5.74, 6) is 1.43. The molecule has 1 aliphatic carbocycles. The maximum Gasteiger partial charge on any atom is 0.230 e. The van der Waals surface area contributed by atoms with Gasteiger partial charge < -0.3 is 19.9 Å². The van der Waals surface area contributed by atoms with Gasteiger partial charge in [0.15, 0.2) is 5.82 Å². The molecule has 2 atom stereocenters. The van der Waals surface area contributed by atoms with E-state index in [0.717, 1.165) is 18.5 Å². The normalized spacial score (nSPS) is 19.4. The average Bonchev–Trinajstić information content (AvgIpc) is 2.85. The van der Waals surface area contributed by atoms with Crippen LogP contribution < -0.4 is 15.4 Å². The zero-order chi connectivity index (χ0) is 23.9. The first-order valence-corrected chi connectivity index (χ1v) is 11.6.